The smallest absolute Gasteiger partial charge is 0.266 e. The first-order valence-electron chi connectivity index (χ1n) is 8.05. The van der Waals surface area contributed by atoms with Crippen LogP contribution in [-0.2, 0) is 9.59 Å². The van der Waals surface area contributed by atoms with E-state index >= 15 is 0 Å². The molecule has 0 saturated carbocycles. The number of fused-ring (bicyclic) bond motifs is 2. The Balaban J connectivity index is 1.50. The Labute approximate surface area is 144 Å². The molecule has 1 atom stereocenters. The number of carbonyl (C=O) groups excluding carboxylic acids is 2. The molecule has 124 valence electrons. The van der Waals surface area contributed by atoms with Crippen molar-refractivity contribution in [3.8, 4) is 5.75 Å². The average molecular weight is 332 g/mol. The second-order valence-electron chi connectivity index (χ2n) is 5.87. The van der Waals surface area contributed by atoms with Gasteiger partial charge in [-0.05, 0) is 23.6 Å². The first kappa shape index (κ1) is 15.2. The van der Waals surface area contributed by atoms with Crippen molar-refractivity contribution < 1.29 is 14.3 Å². The Morgan fingerprint density at radius 1 is 1.00 bits per heavy atom. The molecule has 0 spiro atoms. The van der Waals surface area contributed by atoms with E-state index in [1.54, 1.807) is 12.1 Å². The summed E-state index contributed by atoms with van der Waals surface area (Å²) in [6.45, 7) is 0. The van der Waals surface area contributed by atoms with Gasteiger partial charge in [0, 0.05) is 11.1 Å². The highest BCUT2D eigenvalue weighted by Gasteiger charge is 2.29. The summed E-state index contributed by atoms with van der Waals surface area (Å²) in [5.41, 5.74) is 1.35. The minimum atomic E-state index is -0.843. The highest BCUT2D eigenvalue weighted by molar-refractivity contribution is 6.05. The normalized spacial score (nSPS) is 15.8. The fourth-order valence-corrected chi connectivity index (χ4v) is 2.93. The molecule has 0 aliphatic carbocycles. The minimum Gasteiger partial charge on any atom is -0.478 e. The molecule has 1 heterocycles. The molecule has 0 aromatic heterocycles. The lowest BCUT2D eigenvalue weighted by Crippen LogP contribution is -2.39. The van der Waals surface area contributed by atoms with E-state index in [2.05, 4.69) is 10.6 Å². The van der Waals surface area contributed by atoms with Crippen LogP contribution in [0.3, 0.4) is 0 Å². The number of nitrogens with one attached hydrogen (secondary N) is 2. The molecule has 3 aromatic rings. The molecule has 0 fully saturated rings. The maximum Gasteiger partial charge on any atom is 0.266 e. The maximum atomic E-state index is 12.4. The summed E-state index contributed by atoms with van der Waals surface area (Å²) in [7, 11) is 0. The van der Waals surface area contributed by atoms with Gasteiger partial charge in [-0.25, -0.2) is 0 Å². The molecule has 0 saturated heterocycles. The Hall–Kier alpha value is -3.34. The second kappa shape index (κ2) is 6.28. The summed E-state index contributed by atoms with van der Waals surface area (Å²) in [4.78, 5) is 24.6. The summed E-state index contributed by atoms with van der Waals surface area (Å²) in [6.07, 6.45) is -0.895. The fraction of sp³-hybridized carbons (Fsp3) is 0.100. The summed E-state index contributed by atoms with van der Waals surface area (Å²) >= 11 is 0. The van der Waals surface area contributed by atoms with Crippen molar-refractivity contribution in [2.24, 2.45) is 0 Å². The molecule has 1 aliphatic heterocycles. The van der Waals surface area contributed by atoms with Crippen molar-refractivity contribution in [2.45, 2.75) is 12.5 Å². The number of hydrogen-bond donors (Lipinski definition) is 2. The van der Waals surface area contributed by atoms with Crippen molar-refractivity contribution in [3.05, 3.63) is 66.7 Å². The summed E-state index contributed by atoms with van der Waals surface area (Å²) in [6, 6.07) is 20.7. The predicted molar refractivity (Wildman–Crippen MR) is 96.7 cm³/mol. The van der Waals surface area contributed by atoms with E-state index in [0.717, 1.165) is 16.5 Å². The van der Waals surface area contributed by atoms with Crippen molar-refractivity contribution in [1.29, 1.82) is 0 Å². The lowest BCUT2D eigenvalue weighted by Gasteiger charge is -2.25. The lowest BCUT2D eigenvalue weighted by molar-refractivity contribution is -0.128. The topological polar surface area (TPSA) is 67.4 Å². The molecule has 25 heavy (non-hydrogen) atoms. The quantitative estimate of drug-likeness (QED) is 0.770. The Morgan fingerprint density at radius 3 is 2.68 bits per heavy atom. The number of benzene rings is 3. The highest BCUT2D eigenvalue weighted by atomic mass is 16.5. The van der Waals surface area contributed by atoms with Gasteiger partial charge in [-0.3, -0.25) is 9.59 Å². The average Bonchev–Trinajstić information content (AvgIpc) is 2.63. The van der Waals surface area contributed by atoms with Gasteiger partial charge in [-0.15, -0.1) is 0 Å². The number of para-hydroxylation sites is 2. The van der Waals surface area contributed by atoms with Crippen LogP contribution in [0.5, 0.6) is 5.75 Å². The Bertz CT molecular complexity index is 963. The third kappa shape index (κ3) is 3.04. The van der Waals surface area contributed by atoms with Crippen molar-refractivity contribution in [3.63, 3.8) is 0 Å². The zero-order valence-corrected chi connectivity index (χ0v) is 13.4. The molecule has 4 rings (SSSR count). The van der Waals surface area contributed by atoms with Gasteiger partial charge >= 0.3 is 0 Å². The van der Waals surface area contributed by atoms with Crippen molar-refractivity contribution in [1.82, 2.24) is 0 Å². The first-order valence-corrected chi connectivity index (χ1v) is 8.05. The second-order valence-corrected chi connectivity index (χ2v) is 5.87. The predicted octanol–water partition coefficient (Wildman–Crippen LogP) is 3.57. The molecular weight excluding hydrogens is 316 g/mol. The van der Waals surface area contributed by atoms with Crippen LogP contribution in [0.2, 0.25) is 0 Å². The number of amides is 2. The first-order chi connectivity index (χ1) is 12.2. The van der Waals surface area contributed by atoms with Gasteiger partial charge in [0.2, 0.25) is 5.91 Å². The SMILES string of the molecule is O=C(C[C@H]1Oc2ccccc2NC1=O)Nc1cccc2ccccc12. The number of anilines is 2. The number of carbonyl (C=O) groups is 2. The molecule has 5 heteroatoms. The molecule has 0 unspecified atom stereocenters. The van der Waals surface area contributed by atoms with Crippen LogP contribution in [0, 0.1) is 0 Å². The third-order valence-electron chi connectivity index (χ3n) is 4.14. The van der Waals surface area contributed by atoms with E-state index in [-0.39, 0.29) is 18.2 Å². The van der Waals surface area contributed by atoms with Gasteiger partial charge in [-0.2, -0.15) is 0 Å². The van der Waals surface area contributed by atoms with Crippen LogP contribution in [-0.4, -0.2) is 17.9 Å². The van der Waals surface area contributed by atoms with E-state index in [1.165, 1.54) is 0 Å². The van der Waals surface area contributed by atoms with Crippen LogP contribution in [0.15, 0.2) is 66.7 Å². The molecule has 0 bridgehead atoms. The molecular formula is C20H16N2O3. The zero-order valence-electron chi connectivity index (χ0n) is 13.4. The maximum absolute atomic E-state index is 12.4. The molecule has 2 amide bonds. The summed E-state index contributed by atoms with van der Waals surface area (Å²) < 4.78 is 5.67. The summed E-state index contributed by atoms with van der Waals surface area (Å²) in [5, 5.41) is 7.64. The molecule has 3 aromatic carbocycles. The standard InChI is InChI=1S/C20H16N2O3/c23-19(21-15-10-5-7-13-6-1-2-8-14(13)15)12-18-20(24)22-16-9-3-4-11-17(16)25-18/h1-11,18H,12H2,(H,21,23)(H,22,24)/t18-/m1/s1. The largest absolute Gasteiger partial charge is 0.478 e. The van der Waals surface area contributed by atoms with Crippen LogP contribution >= 0.6 is 0 Å². The van der Waals surface area contributed by atoms with Gasteiger partial charge in [0.1, 0.15) is 5.75 Å². The van der Waals surface area contributed by atoms with Crippen molar-refractivity contribution >= 4 is 34.0 Å². The lowest BCUT2D eigenvalue weighted by atomic mass is 10.1. The molecule has 0 radical (unpaired) electrons. The van der Waals surface area contributed by atoms with E-state index in [4.69, 9.17) is 4.74 Å². The minimum absolute atomic E-state index is 0.0522. The molecule has 2 N–H and O–H groups in total. The van der Waals surface area contributed by atoms with Crippen LogP contribution in [0.4, 0.5) is 11.4 Å². The fourth-order valence-electron chi connectivity index (χ4n) is 2.93. The molecule has 5 nitrogen and oxygen atoms in total. The van der Waals surface area contributed by atoms with Crippen LogP contribution < -0.4 is 15.4 Å². The monoisotopic (exact) mass is 332 g/mol. The van der Waals surface area contributed by atoms with Crippen molar-refractivity contribution in [2.75, 3.05) is 10.6 Å². The Kier molecular flexibility index (Phi) is 3.82. The van der Waals surface area contributed by atoms with E-state index in [0.29, 0.717) is 11.4 Å². The highest BCUT2D eigenvalue weighted by Crippen LogP contribution is 2.30. The van der Waals surface area contributed by atoms with Gasteiger partial charge in [-0.1, -0.05) is 48.5 Å². The third-order valence-corrected chi connectivity index (χ3v) is 4.14. The molecule has 1 aliphatic rings. The van der Waals surface area contributed by atoms with Gasteiger partial charge < -0.3 is 15.4 Å². The van der Waals surface area contributed by atoms with E-state index in [1.807, 2.05) is 54.6 Å². The van der Waals surface area contributed by atoms with Crippen LogP contribution in [0.25, 0.3) is 10.8 Å². The van der Waals surface area contributed by atoms with E-state index in [9.17, 15) is 9.59 Å². The van der Waals surface area contributed by atoms with Gasteiger partial charge in [0.15, 0.2) is 6.10 Å². The number of ether oxygens (including phenoxy) is 1. The zero-order chi connectivity index (χ0) is 17.2. The van der Waals surface area contributed by atoms with Gasteiger partial charge in [0.05, 0.1) is 12.1 Å². The summed E-state index contributed by atoms with van der Waals surface area (Å²) in [5.74, 6) is -0.00675. The van der Waals surface area contributed by atoms with Gasteiger partial charge in [0.25, 0.3) is 5.91 Å². The van der Waals surface area contributed by atoms with E-state index < -0.39 is 6.10 Å². The van der Waals surface area contributed by atoms with Crippen LogP contribution in [0.1, 0.15) is 6.42 Å². The Morgan fingerprint density at radius 2 is 1.76 bits per heavy atom. The number of rotatable bonds is 3. The number of hydrogen-bond acceptors (Lipinski definition) is 3.